The van der Waals surface area contributed by atoms with E-state index in [1.165, 1.54) is 6.33 Å². The first-order chi connectivity index (χ1) is 10.2. The van der Waals surface area contributed by atoms with Gasteiger partial charge in [0.25, 0.3) is 5.56 Å². The fourth-order valence-electron chi connectivity index (χ4n) is 2.00. The van der Waals surface area contributed by atoms with Crippen LogP contribution in [0.4, 0.5) is 5.95 Å². The van der Waals surface area contributed by atoms with Crippen molar-refractivity contribution in [2.24, 2.45) is 0 Å². The third kappa shape index (κ3) is 2.97. The Morgan fingerprint density at radius 3 is 2.86 bits per heavy atom. The van der Waals surface area contributed by atoms with Crippen molar-refractivity contribution in [3.05, 3.63) is 52.6 Å². The molecule has 1 aromatic carbocycles. The van der Waals surface area contributed by atoms with Crippen molar-refractivity contribution < 1.29 is 4.79 Å². The normalized spacial score (nSPS) is 10.7. The smallest absolute Gasteiger partial charge is 0.278 e. The number of hydrogen-bond acceptors (Lipinski definition) is 4. The highest BCUT2D eigenvalue weighted by Gasteiger charge is 2.08. The molecule has 0 fully saturated rings. The molecule has 0 aliphatic heterocycles. The van der Waals surface area contributed by atoms with E-state index < -0.39 is 0 Å². The Morgan fingerprint density at radius 2 is 2.05 bits per heavy atom. The molecule has 7 heteroatoms. The highest BCUT2D eigenvalue weighted by Crippen LogP contribution is 2.06. The van der Waals surface area contributed by atoms with Crippen molar-refractivity contribution in [3.8, 4) is 0 Å². The fourth-order valence-corrected chi connectivity index (χ4v) is 2.00. The van der Waals surface area contributed by atoms with Crippen LogP contribution in [0.25, 0.3) is 11.2 Å². The Hall–Kier alpha value is -2.96. The summed E-state index contributed by atoms with van der Waals surface area (Å²) in [5.74, 6) is -0.102. The van der Waals surface area contributed by atoms with Crippen LogP contribution in [0.15, 0.2) is 41.5 Å². The number of H-pyrrole nitrogens is 2. The van der Waals surface area contributed by atoms with Gasteiger partial charge in [-0.2, -0.15) is 4.98 Å². The Kier molecular flexibility index (Phi) is 3.46. The molecule has 0 saturated heterocycles. The number of carbonyl (C=O) groups is 1. The quantitative estimate of drug-likeness (QED) is 0.669. The molecule has 0 unspecified atom stereocenters. The number of amides is 1. The van der Waals surface area contributed by atoms with Crippen LogP contribution in [0, 0.1) is 0 Å². The van der Waals surface area contributed by atoms with Crippen LogP contribution >= 0.6 is 0 Å². The van der Waals surface area contributed by atoms with E-state index in [0.717, 1.165) is 5.56 Å². The van der Waals surface area contributed by atoms with Gasteiger partial charge in [-0.25, -0.2) is 4.98 Å². The summed E-state index contributed by atoms with van der Waals surface area (Å²) in [6, 6.07) is 9.71. The largest absolute Gasteiger partial charge is 0.339 e. The zero-order valence-corrected chi connectivity index (χ0v) is 11.1. The first-order valence-electron chi connectivity index (χ1n) is 6.49. The van der Waals surface area contributed by atoms with E-state index in [1.807, 2.05) is 30.3 Å². The van der Waals surface area contributed by atoms with Gasteiger partial charge in [0.1, 0.15) is 0 Å². The summed E-state index contributed by atoms with van der Waals surface area (Å²) in [5.41, 5.74) is 1.28. The molecule has 0 atom stereocenters. The molecule has 21 heavy (non-hydrogen) atoms. The minimum absolute atomic E-state index is 0.109. The number of aryl methyl sites for hydroxylation is 1. The average molecular weight is 283 g/mol. The van der Waals surface area contributed by atoms with Crippen LogP contribution in [0.1, 0.15) is 12.0 Å². The van der Waals surface area contributed by atoms with Gasteiger partial charge in [0, 0.05) is 6.42 Å². The van der Waals surface area contributed by atoms with Gasteiger partial charge in [-0.05, 0) is 12.0 Å². The molecule has 0 spiro atoms. The SMILES string of the molecule is O=C(CCc1ccccc1)Nc1nc2nc[nH]c2c(=O)[nH]1. The summed E-state index contributed by atoms with van der Waals surface area (Å²) in [4.78, 5) is 36.7. The molecule has 7 nitrogen and oxygen atoms in total. The Balaban J connectivity index is 1.67. The molecule has 0 bridgehead atoms. The highest BCUT2D eigenvalue weighted by atomic mass is 16.2. The van der Waals surface area contributed by atoms with Gasteiger partial charge in [0.2, 0.25) is 11.9 Å². The first kappa shape index (κ1) is 13.0. The fraction of sp³-hybridized carbons (Fsp3) is 0.143. The molecule has 2 heterocycles. The number of hydrogen-bond donors (Lipinski definition) is 3. The third-order valence-corrected chi connectivity index (χ3v) is 3.04. The van der Waals surface area contributed by atoms with Crippen LogP contribution in [-0.2, 0) is 11.2 Å². The van der Waals surface area contributed by atoms with E-state index >= 15 is 0 Å². The number of rotatable bonds is 4. The zero-order chi connectivity index (χ0) is 14.7. The van der Waals surface area contributed by atoms with E-state index in [4.69, 9.17) is 0 Å². The average Bonchev–Trinajstić information content (AvgIpc) is 2.95. The van der Waals surface area contributed by atoms with Gasteiger partial charge in [0.05, 0.1) is 6.33 Å². The van der Waals surface area contributed by atoms with Crippen molar-refractivity contribution in [2.75, 3.05) is 5.32 Å². The summed E-state index contributed by atoms with van der Waals surface area (Å²) in [6.45, 7) is 0. The molecular weight excluding hydrogens is 270 g/mol. The summed E-state index contributed by atoms with van der Waals surface area (Å²) >= 11 is 0. The monoisotopic (exact) mass is 283 g/mol. The number of aromatic amines is 2. The minimum Gasteiger partial charge on any atom is -0.339 e. The molecule has 0 aliphatic carbocycles. The molecule has 0 radical (unpaired) electrons. The van der Waals surface area contributed by atoms with Crippen LogP contribution in [0.3, 0.4) is 0 Å². The van der Waals surface area contributed by atoms with E-state index in [0.29, 0.717) is 12.8 Å². The third-order valence-electron chi connectivity index (χ3n) is 3.04. The van der Waals surface area contributed by atoms with Gasteiger partial charge >= 0.3 is 0 Å². The molecule has 2 aromatic heterocycles. The maximum Gasteiger partial charge on any atom is 0.278 e. The summed E-state index contributed by atoms with van der Waals surface area (Å²) < 4.78 is 0. The molecule has 0 saturated carbocycles. The van der Waals surface area contributed by atoms with E-state index in [9.17, 15) is 9.59 Å². The second kappa shape index (κ2) is 5.58. The molecule has 3 aromatic rings. The lowest BCUT2D eigenvalue weighted by atomic mass is 10.1. The number of imidazole rings is 1. The zero-order valence-electron chi connectivity index (χ0n) is 11.1. The van der Waals surface area contributed by atoms with Crippen molar-refractivity contribution in [1.82, 2.24) is 19.9 Å². The standard InChI is InChI=1S/C14H13N5O2/c20-10(7-6-9-4-2-1-3-5-9)17-14-18-12-11(13(21)19-14)15-8-16-12/h1-5,8H,6-7H2,(H3,15,16,17,18,19,20,21). The van der Waals surface area contributed by atoms with Gasteiger partial charge in [-0.1, -0.05) is 30.3 Å². The van der Waals surface area contributed by atoms with Crippen LogP contribution in [0.2, 0.25) is 0 Å². The Bertz CT molecular complexity index is 822. The van der Waals surface area contributed by atoms with Crippen LogP contribution in [-0.4, -0.2) is 25.8 Å². The maximum atomic E-state index is 11.9. The summed E-state index contributed by atoms with van der Waals surface area (Å²) in [5, 5.41) is 2.58. The number of carbonyl (C=O) groups excluding carboxylic acids is 1. The number of benzene rings is 1. The number of fused-ring (bicyclic) bond motifs is 1. The summed E-state index contributed by atoms with van der Waals surface area (Å²) in [6.07, 6.45) is 2.32. The van der Waals surface area contributed by atoms with Crippen LogP contribution < -0.4 is 10.9 Å². The Labute approximate surface area is 119 Å². The van der Waals surface area contributed by atoms with E-state index in [2.05, 4.69) is 25.3 Å². The molecular formula is C14H13N5O2. The topological polar surface area (TPSA) is 104 Å². The predicted molar refractivity (Wildman–Crippen MR) is 77.9 cm³/mol. The minimum atomic E-state index is -0.365. The first-order valence-corrected chi connectivity index (χ1v) is 6.49. The number of nitrogens with zero attached hydrogens (tertiary/aromatic N) is 2. The van der Waals surface area contributed by atoms with E-state index in [1.54, 1.807) is 0 Å². The second-order valence-electron chi connectivity index (χ2n) is 4.55. The molecule has 3 N–H and O–H groups in total. The molecule has 106 valence electrons. The molecule has 1 amide bonds. The van der Waals surface area contributed by atoms with Gasteiger partial charge in [-0.3, -0.25) is 19.9 Å². The van der Waals surface area contributed by atoms with Crippen molar-refractivity contribution >= 4 is 23.0 Å². The number of anilines is 1. The second-order valence-corrected chi connectivity index (χ2v) is 4.55. The number of aromatic nitrogens is 4. The maximum absolute atomic E-state index is 11.9. The van der Waals surface area contributed by atoms with E-state index in [-0.39, 0.29) is 28.6 Å². The predicted octanol–water partition coefficient (Wildman–Crippen LogP) is 1.22. The van der Waals surface area contributed by atoms with Crippen molar-refractivity contribution in [2.45, 2.75) is 12.8 Å². The lowest BCUT2D eigenvalue weighted by Gasteiger charge is -2.04. The molecule has 0 aliphatic rings. The number of nitrogens with one attached hydrogen (secondary N) is 3. The Morgan fingerprint density at radius 1 is 1.24 bits per heavy atom. The van der Waals surface area contributed by atoms with Crippen LogP contribution in [0.5, 0.6) is 0 Å². The van der Waals surface area contributed by atoms with Gasteiger partial charge in [-0.15, -0.1) is 0 Å². The summed E-state index contributed by atoms with van der Waals surface area (Å²) in [7, 11) is 0. The molecule has 3 rings (SSSR count). The lowest BCUT2D eigenvalue weighted by molar-refractivity contribution is -0.116. The lowest BCUT2D eigenvalue weighted by Crippen LogP contribution is -2.18. The van der Waals surface area contributed by atoms with Crippen molar-refractivity contribution in [1.29, 1.82) is 0 Å². The van der Waals surface area contributed by atoms with Gasteiger partial charge < -0.3 is 4.98 Å². The van der Waals surface area contributed by atoms with Crippen molar-refractivity contribution in [3.63, 3.8) is 0 Å². The van der Waals surface area contributed by atoms with Gasteiger partial charge in [0.15, 0.2) is 11.2 Å². The highest BCUT2D eigenvalue weighted by molar-refractivity contribution is 5.89.